The molecule has 142 valence electrons. The summed E-state index contributed by atoms with van der Waals surface area (Å²) in [6, 6.07) is 8.21. The Hall–Kier alpha value is -3.71. The first kappa shape index (κ1) is 20.3. The summed E-state index contributed by atoms with van der Waals surface area (Å²) in [5, 5.41) is 27.4. The van der Waals surface area contributed by atoms with E-state index in [1.165, 1.54) is 0 Å². The van der Waals surface area contributed by atoms with Crippen molar-refractivity contribution in [3.05, 3.63) is 66.2 Å². The largest absolute Gasteiger partial charge is 0.460 e. The lowest BCUT2D eigenvalue weighted by molar-refractivity contribution is -0.780. The minimum Gasteiger partial charge on any atom is -0.460 e. The highest BCUT2D eigenvalue weighted by atomic mass is 17.0. The zero-order valence-corrected chi connectivity index (χ0v) is 13.0. The molecule has 0 aliphatic carbocycles. The second-order valence-electron chi connectivity index (χ2n) is 4.83. The third-order valence-electron chi connectivity index (χ3n) is 2.98. The Morgan fingerprint density at radius 1 is 0.846 bits per heavy atom. The van der Waals surface area contributed by atoms with Gasteiger partial charge in [0.1, 0.15) is 31.8 Å². The predicted octanol–water partition coefficient (Wildman–Crippen LogP) is 0.341. The number of carbonyl (C=O) groups excluding carboxylic acids is 1. The molecular weight excluding hydrogens is 362 g/mol. The second-order valence-corrected chi connectivity index (χ2v) is 4.83. The molecule has 0 aliphatic heterocycles. The van der Waals surface area contributed by atoms with Crippen molar-refractivity contribution in [3.8, 4) is 0 Å². The molecule has 14 nitrogen and oxygen atoms in total. The molecule has 0 heterocycles. The van der Waals surface area contributed by atoms with Gasteiger partial charge in [-0.1, -0.05) is 30.3 Å². The molecule has 1 aromatic rings. The van der Waals surface area contributed by atoms with Gasteiger partial charge in [0.15, 0.2) is 0 Å². The Morgan fingerprint density at radius 3 is 1.65 bits per heavy atom. The van der Waals surface area contributed by atoms with Crippen molar-refractivity contribution < 1.29 is 39.3 Å². The first-order chi connectivity index (χ1) is 12.2. The van der Waals surface area contributed by atoms with E-state index in [4.69, 9.17) is 4.74 Å². The van der Waals surface area contributed by atoms with Crippen LogP contribution in [0.25, 0.3) is 0 Å². The monoisotopic (exact) mass is 375 g/mol. The fourth-order valence-corrected chi connectivity index (χ4v) is 1.71. The number of nitrogens with zero attached hydrogens (tertiary/aromatic N) is 3. The fourth-order valence-electron chi connectivity index (χ4n) is 1.71. The van der Waals surface area contributed by atoms with Crippen LogP contribution in [0.15, 0.2) is 30.3 Å². The van der Waals surface area contributed by atoms with E-state index in [0.717, 1.165) is 0 Å². The normalized spacial score (nSPS) is 10.5. The van der Waals surface area contributed by atoms with Gasteiger partial charge >= 0.3 is 5.97 Å². The lowest BCUT2D eigenvalue weighted by Gasteiger charge is -2.28. The van der Waals surface area contributed by atoms with Gasteiger partial charge in [-0.3, -0.25) is 4.79 Å². The van der Waals surface area contributed by atoms with Gasteiger partial charge < -0.3 is 19.2 Å². The maximum Gasteiger partial charge on any atom is 0.318 e. The molecule has 0 saturated carbocycles. The third kappa shape index (κ3) is 6.81. The second kappa shape index (κ2) is 9.55. The van der Waals surface area contributed by atoms with Gasteiger partial charge in [-0.25, -0.2) is 0 Å². The molecule has 0 fully saturated rings. The van der Waals surface area contributed by atoms with Crippen molar-refractivity contribution in [2.45, 2.75) is 6.61 Å². The summed E-state index contributed by atoms with van der Waals surface area (Å²) in [4.78, 5) is 55.7. The number of benzene rings is 1. The minimum atomic E-state index is -2.32. The van der Waals surface area contributed by atoms with Crippen LogP contribution < -0.4 is 0 Å². The van der Waals surface area contributed by atoms with Crippen LogP contribution in [-0.4, -0.2) is 41.0 Å². The first-order valence-electron chi connectivity index (χ1n) is 6.78. The summed E-state index contributed by atoms with van der Waals surface area (Å²) in [7, 11) is 0. The molecule has 0 spiro atoms. The molecule has 1 aromatic carbocycles. The van der Waals surface area contributed by atoms with Gasteiger partial charge in [0, 0.05) is 0 Å². The Balaban J connectivity index is 2.97. The van der Waals surface area contributed by atoms with Crippen LogP contribution in [0.3, 0.4) is 0 Å². The van der Waals surface area contributed by atoms with E-state index in [2.05, 4.69) is 14.5 Å². The molecule has 0 bridgehead atoms. The van der Waals surface area contributed by atoms with Crippen LogP contribution in [0.2, 0.25) is 0 Å². The lowest BCUT2D eigenvalue weighted by atomic mass is 9.91. The van der Waals surface area contributed by atoms with Crippen LogP contribution in [-0.2, 0) is 30.7 Å². The lowest BCUT2D eigenvalue weighted by Crippen LogP contribution is -2.47. The summed E-state index contributed by atoms with van der Waals surface area (Å²) in [6.45, 7) is -3.64. The predicted molar refractivity (Wildman–Crippen MR) is 77.5 cm³/mol. The van der Waals surface area contributed by atoms with Gasteiger partial charge in [-0.2, -0.15) is 0 Å². The summed E-state index contributed by atoms with van der Waals surface area (Å²) in [6.07, 6.45) is 0. The number of hydrogen-bond donors (Lipinski definition) is 0. The third-order valence-corrected chi connectivity index (χ3v) is 2.98. The molecule has 0 aromatic heterocycles. The van der Waals surface area contributed by atoms with Crippen molar-refractivity contribution >= 4 is 5.97 Å². The molecule has 26 heavy (non-hydrogen) atoms. The van der Waals surface area contributed by atoms with Crippen LogP contribution in [0, 0.1) is 35.8 Å². The van der Waals surface area contributed by atoms with Crippen molar-refractivity contribution in [1.82, 2.24) is 0 Å². The summed E-state index contributed by atoms with van der Waals surface area (Å²) < 4.78 is 4.94. The Bertz CT molecular complexity index is 606. The minimum absolute atomic E-state index is 0.295. The Kier molecular flexibility index (Phi) is 7.47. The van der Waals surface area contributed by atoms with Crippen LogP contribution >= 0.6 is 0 Å². The molecule has 1 rings (SSSR count). The first-order valence-corrected chi connectivity index (χ1v) is 6.78. The maximum absolute atomic E-state index is 12.3. The molecule has 0 aliphatic rings. The van der Waals surface area contributed by atoms with E-state index in [9.17, 15) is 35.1 Å². The Morgan fingerprint density at radius 2 is 1.27 bits per heavy atom. The summed E-state index contributed by atoms with van der Waals surface area (Å²) in [5.74, 6) is -1.27. The highest BCUT2D eigenvalue weighted by Gasteiger charge is 2.44. The van der Waals surface area contributed by atoms with Crippen molar-refractivity contribution in [1.29, 1.82) is 0 Å². The molecule has 0 radical (unpaired) electrons. The van der Waals surface area contributed by atoms with E-state index in [1.807, 2.05) is 0 Å². The van der Waals surface area contributed by atoms with Gasteiger partial charge in [0.25, 0.3) is 15.3 Å². The van der Waals surface area contributed by atoms with Gasteiger partial charge in [0.2, 0.25) is 0 Å². The number of ether oxygens (including phenoxy) is 1. The van der Waals surface area contributed by atoms with Crippen molar-refractivity contribution in [2.75, 3.05) is 19.8 Å². The molecule has 0 atom stereocenters. The van der Waals surface area contributed by atoms with Gasteiger partial charge in [-0.05, 0) is 5.56 Å². The van der Waals surface area contributed by atoms with Crippen LogP contribution in [0.1, 0.15) is 5.56 Å². The SMILES string of the molecule is O=C(OCc1ccccc1)C(CO[N+](=O)[O-])(CO[N+](=O)[O-])CO[N+](=O)[O-]. The fraction of sp³-hybridized carbons (Fsp3) is 0.417. The molecular formula is C12H13N3O11. The number of carbonyl (C=O) groups is 1. The van der Waals surface area contributed by atoms with E-state index in [0.29, 0.717) is 5.56 Å². The smallest absolute Gasteiger partial charge is 0.318 e. The van der Waals surface area contributed by atoms with Gasteiger partial charge in [0.05, 0.1) is 0 Å². The maximum atomic E-state index is 12.3. The van der Waals surface area contributed by atoms with E-state index in [1.54, 1.807) is 30.3 Å². The standard InChI is InChI=1S/C12H13N3O11/c16-11(23-6-10-4-2-1-3-5-10)12(7-24-13(17)18,8-25-14(19)20)9-26-15(21)22/h1-5H,6-9H2. The topological polar surface area (TPSA) is 183 Å². The Labute approximate surface area is 144 Å². The number of rotatable bonds is 12. The quantitative estimate of drug-likeness (QED) is 0.279. The summed E-state index contributed by atoms with van der Waals surface area (Å²) in [5.41, 5.74) is -1.78. The molecule has 0 N–H and O–H groups in total. The zero-order chi connectivity index (χ0) is 19.6. The van der Waals surface area contributed by atoms with Crippen LogP contribution in [0.5, 0.6) is 0 Å². The van der Waals surface area contributed by atoms with E-state index >= 15 is 0 Å². The highest BCUT2D eigenvalue weighted by molar-refractivity contribution is 5.77. The molecule has 0 unspecified atom stereocenters. The van der Waals surface area contributed by atoms with Gasteiger partial charge in [-0.15, -0.1) is 30.3 Å². The average Bonchev–Trinajstić information content (AvgIpc) is 2.59. The van der Waals surface area contributed by atoms with Crippen molar-refractivity contribution in [2.24, 2.45) is 5.41 Å². The van der Waals surface area contributed by atoms with E-state index in [-0.39, 0.29) is 6.61 Å². The number of esters is 1. The van der Waals surface area contributed by atoms with Crippen molar-refractivity contribution in [3.63, 3.8) is 0 Å². The molecule has 0 saturated heterocycles. The average molecular weight is 375 g/mol. The highest BCUT2D eigenvalue weighted by Crippen LogP contribution is 2.23. The van der Waals surface area contributed by atoms with E-state index < -0.39 is 46.5 Å². The summed E-state index contributed by atoms with van der Waals surface area (Å²) >= 11 is 0. The molecule has 0 amide bonds. The van der Waals surface area contributed by atoms with Crippen LogP contribution in [0.4, 0.5) is 0 Å². The molecule has 14 heteroatoms. The number of hydrogen-bond acceptors (Lipinski definition) is 11. The zero-order valence-electron chi connectivity index (χ0n) is 13.0.